The molecule has 0 spiro atoms. The molecule has 8 heteroatoms. The van der Waals surface area contributed by atoms with Crippen molar-refractivity contribution in [3.63, 3.8) is 0 Å². The van der Waals surface area contributed by atoms with Crippen molar-refractivity contribution in [1.82, 2.24) is 9.88 Å². The van der Waals surface area contributed by atoms with Gasteiger partial charge in [-0.05, 0) is 74.3 Å². The molecule has 1 aromatic carbocycles. The van der Waals surface area contributed by atoms with Crippen molar-refractivity contribution >= 4 is 23.3 Å². The maximum atomic E-state index is 13.7. The Kier molecular flexibility index (Phi) is 7.36. The second-order valence-corrected chi connectivity index (χ2v) is 10.9. The van der Waals surface area contributed by atoms with Gasteiger partial charge >= 0.3 is 0 Å². The Labute approximate surface area is 211 Å². The van der Waals surface area contributed by atoms with Crippen LogP contribution in [0.15, 0.2) is 18.2 Å². The molecule has 0 atom stereocenters. The maximum absolute atomic E-state index is 13.7. The van der Waals surface area contributed by atoms with Gasteiger partial charge in [0.15, 0.2) is 0 Å². The van der Waals surface area contributed by atoms with Crippen LogP contribution in [0.4, 0.5) is 10.1 Å². The van der Waals surface area contributed by atoms with Crippen LogP contribution >= 0.6 is 0 Å². The fourth-order valence-corrected chi connectivity index (χ4v) is 5.93. The van der Waals surface area contributed by atoms with E-state index < -0.39 is 11.7 Å². The first-order valence-electron chi connectivity index (χ1n) is 12.8. The van der Waals surface area contributed by atoms with Crippen molar-refractivity contribution in [3.05, 3.63) is 52.1 Å². The number of aliphatic hydroxyl groups is 1. The fourth-order valence-electron chi connectivity index (χ4n) is 5.93. The van der Waals surface area contributed by atoms with Crippen LogP contribution in [0.1, 0.15) is 95.5 Å². The smallest absolute Gasteiger partial charge is 0.294 e. The third kappa shape index (κ3) is 5.09. The Balaban J connectivity index is 1.64. The highest BCUT2D eigenvalue weighted by Gasteiger charge is 2.40. The predicted molar refractivity (Wildman–Crippen MR) is 136 cm³/mol. The van der Waals surface area contributed by atoms with Crippen LogP contribution in [0.5, 0.6) is 0 Å². The minimum atomic E-state index is -0.711. The summed E-state index contributed by atoms with van der Waals surface area (Å²) in [6.07, 6.45) is 5.86. The van der Waals surface area contributed by atoms with E-state index in [4.69, 9.17) is 0 Å². The van der Waals surface area contributed by atoms with Crippen LogP contribution in [-0.2, 0) is 11.8 Å². The molecule has 3 N–H and O–H groups in total. The molecule has 36 heavy (non-hydrogen) atoms. The van der Waals surface area contributed by atoms with Gasteiger partial charge in [-0.1, -0.05) is 26.2 Å². The molecule has 2 aromatic rings. The van der Waals surface area contributed by atoms with Gasteiger partial charge in [-0.25, -0.2) is 4.39 Å². The summed E-state index contributed by atoms with van der Waals surface area (Å²) >= 11 is 0. The van der Waals surface area contributed by atoms with E-state index in [2.05, 4.69) is 10.6 Å². The van der Waals surface area contributed by atoms with Gasteiger partial charge in [0.1, 0.15) is 5.82 Å². The quantitative estimate of drug-likeness (QED) is 0.386. The zero-order chi connectivity index (χ0) is 26.2. The number of rotatable bonds is 7. The highest BCUT2D eigenvalue weighted by Crippen LogP contribution is 2.40. The van der Waals surface area contributed by atoms with Crippen LogP contribution in [0.3, 0.4) is 0 Å². The van der Waals surface area contributed by atoms with E-state index in [0.717, 1.165) is 37.8 Å². The molecule has 2 amide bonds. The van der Waals surface area contributed by atoms with Gasteiger partial charge in [0.05, 0.1) is 17.4 Å². The van der Waals surface area contributed by atoms with E-state index in [1.165, 1.54) is 12.1 Å². The molecule has 1 aromatic heterocycles. The molecule has 194 valence electrons. The number of hydrogen-bond donors (Lipinski definition) is 3. The van der Waals surface area contributed by atoms with E-state index in [9.17, 15) is 23.9 Å². The van der Waals surface area contributed by atoms with Gasteiger partial charge in [-0.2, -0.15) is 0 Å². The standard InChI is InChI=1S/C28H36FN3O4/c1-16-12-19(10-11-21(16)29)31-26(35)22-17(2)23(32(4)24(22)18-8-6-5-7-9-18)25(34)27(36)30-15-28(3)13-20(33)14-28/h10-12,18,20,33H,5-9,13-15H2,1-4H3,(H,30,36)(H,31,35). The van der Waals surface area contributed by atoms with E-state index in [1.54, 1.807) is 31.5 Å². The highest BCUT2D eigenvalue weighted by molar-refractivity contribution is 6.43. The SMILES string of the molecule is Cc1cc(NC(=O)c2c(C)c(C(=O)C(=O)NCC3(C)CC(O)C3)n(C)c2C2CCCCC2)ccc1F. The normalized spacial score (nSPS) is 22.1. The molecule has 0 aliphatic heterocycles. The summed E-state index contributed by atoms with van der Waals surface area (Å²) in [5.41, 5.74) is 2.55. The first-order chi connectivity index (χ1) is 17.0. The van der Waals surface area contributed by atoms with Crippen LogP contribution in [-0.4, -0.2) is 39.9 Å². The number of nitrogens with zero attached hydrogens (tertiary/aromatic N) is 1. The van der Waals surface area contributed by atoms with Crippen molar-refractivity contribution in [2.75, 3.05) is 11.9 Å². The number of anilines is 1. The fraction of sp³-hybridized carbons (Fsp3) is 0.536. The van der Waals surface area contributed by atoms with Crippen molar-refractivity contribution in [2.24, 2.45) is 12.5 Å². The zero-order valence-corrected chi connectivity index (χ0v) is 21.5. The van der Waals surface area contributed by atoms with Crippen molar-refractivity contribution in [1.29, 1.82) is 0 Å². The number of aliphatic hydroxyl groups excluding tert-OH is 1. The predicted octanol–water partition coefficient (Wildman–Crippen LogP) is 4.54. The molecule has 4 rings (SSSR count). The Morgan fingerprint density at radius 1 is 1.14 bits per heavy atom. The number of hydrogen-bond acceptors (Lipinski definition) is 4. The summed E-state index contributed by atoms with van der Waals surface area (Å²) in [7, 11) is 1.75. The molecule has 1 heterocycles. The number of aromatic nitrogens is 1. The minimum absolute atomic E-state index is 0.109. The average molecular weight is 498 g/mol. The number of halogens is 1. The lowest BCUT2D eigenvalue weighted by Crippen LogP contribution is -2.48. The first-order valence-corrected chi connectivity index (χ1v) is 12.8. The summed E-state index contributed by atoms with van der Waals surface area (Å²) < 4.78 is 15.5. The number of Topliss-reactive ketones (excluding diaryl/α,β-unsaturated/α-hetero) is 1. The monoisotopic (exact) mass is 497 g/mol. The van der Waals surface area contributed by atoms with E-state index in [-0.39, 0.29) is 34.9 Å². The Hall–Kier alpha value is -3.00. The highest BCUT2D eigenvalue weighted by atomic mass is 19.1. The third-order valence-corrected chi connectivity index (χ3v) is 7.87. The molecule has 2 aliphatic rings. The first kappa shape index (κ1) is 26.1. The summed E-state index contributed by atoms with van der Waals surface area (Å²) in [5.74, 6) is -2.00. The van der Waals surface area contributed by atoms with E-state index >= 15 is 0 Å². The second kappa shape index (κ2) is 10.2. The van der Waals surface area contributed by atoms with E-state index in [0.29, 0.717) is 41.8 Å². The summed E-state index contributed by atoms with van der Waals surface area (Å²) in [4.78, 5) is 39.7. The van der Waals surface area contributed by atoms with Gasteiger partial charge in [0.25, 0.3) is 17.6 Å². The number of carbonyl (C=O) groups is 3. The average Bonchev–Trinajstić information content (AvgIpc) is 3.09. The van der Waals surface area contributed by atoms with Gasteiger partial charge < -0.3 is 20.3 Å². The summed E-state index contributed by atoms with van der Waals surface area (Å²) in [5, 5.41) is 15.2. The molecule has 7 nitrogen and oxygen atoms in total. The Morgan fingerprint density at radius 3 is 2.42 bits per heavy atom. The van der Waals surface area contributed by atoms with Gasteiger partial charge in [-0.3, -0.25) is 14.4 Å². The lowest BCUT2D eigenvalue weighted by molar-refractivity contribution is -0.118. The third-order valence-electron chi connectivity index (χ3n) is 7.87. The molecule has 0 unspecified atom stereocenters. The number of ketones is 1. The van der Waals surface area contributed by atoms with Crippen molar-refractivity contribution in [2.45, 2.75) is 77.7 Å². The minimum Gasteiger partial charge on any atom is -0.393 e. The second-order valence-electron chi connectivity index (χ2n) is 10.9. The topological polar surface area (TPSA) is 100 Å². The number of aryl methyl sites for hydroxylation is 1. The number of benzene rings is 1. The van der Waals surface area contributed by atoms with E-state index in [1.807, 2.05) is 6.92 Å². The van der Waals surface area contributed by atoms with Gasteiger partial charge in [0.2, 0.25) is 0 Å². The molecule has 0 bridgehead atoms. The molecular weight excluding hydrogens is 461 g/mol. The Morgan fingerprint density at radius 2 is 1.81 bits per heavy atom. The van der Waals surface area contributed by atoms with Crippen LogP contribution in [0.25, 0.3) is 0 Å². The largest absolute Gasteiger partial charge is 0.393 e. The molecule has 2 fully saturated rings. The van der Waals surface area contributed by atoms with Gasteiger partial charge in [-0.15, -0.1) is 0 Å². The number of carbonyl (C=O) groups excluding carboxylic acids is 3. The molecule has 2 aliphatic carbocycles. The number of amides is 2. The Bertz CT molecular complexity index is 1190. The van der Waals surface area contributed by atoms with Crippen molar-refractivity contribution in [3.8, 4) is 0 Å². The molecular formula is C28H36FN3O4. The van der Waals surface area contributed by atoms with Crippen molar-refractivity contribution < 1.29 is 23.9 Å². The van der Waals surface area contributed by atoms with Gasteiger partial charge in [0, 0.05) is 30.9 Å². The molecule has 2 saturated carbocycles. The molecule has 0 radical (unpaired) electrons. The zero-order valence-electron chi connectivity index (χ0n) is 21.5. The summed E-state index contributed by atoms with van der Waals surface area (Å²) in [6, 6.07) is 4.39. The summed E-state index contributed by atoms with van der Waals surface area (Å²) in [6.45, 7) is 5.62. The van der Waals surface area contributed by atoms with Crippen LogP contribution in [0, 0.1) is 25.1 Å². The number of nitrogens with one attached hydrogen (secondary N) is 2. The molecule has 0 saturated heterocycles. The van der Waals surface area contributed by atoms with Crippen LogP contribution in [0.2, 0.25) is 0 Å². The lowest BCUT2D eigenvalue weighted by Gasteiger charge is -2.42. The lowest BCUT2D eigenvalue weighted by atomic mass is 9.68. The maximum Gasteiger partial charge on any atom is 0.294 e. The van der Waals surface area contributed by atoms with Crippen LogP contribution < -0.4 is 10.6 Å².